The van der Waals surface area contributed by atoms with Gasteiger partial charge in [0.25, 0.3) is 0 Å². The zero-order valence-corrected chi connectivity index (χ0v) is 13.4. The molecule has 0 saturated heterocycles. The summed E-state index contributed by atoms with van der Waals surface area (Å²) in [5.41, 5.74) is 2.55. The van der Waals surface area contributed by atoms with Crippen LogP contribution in [-0.2, 0) is 11.2 Å². The molecule has 3 nitrogen and oxygen atoms in total. The fourth-order valence-electron chi connectivity index (χ4n) is 2.71. The Morgan fingerprint density at radius 2 is 1.90 bits per heavy atom. The van der Waals surface area contributed by atoms with Crippen molar-refractivity contribution in [2.45, 2.75) is 32.8 Å². The molecule has 20 heavy (non-hydrogen) atoms. The molecule has 1 aliphatic heterocycles. The molecule has 112 valence electrons. The van der Waals surface area contributed by atoms with Gasteiger partial charge in [0.1, 0.15) is 0 Å². The second-order valence-corrected chi connectivity index (χ2v) is 6.40. The smallest absolute Gasteiger partial charge is 0.161 e. The zero-order valence-electron chi connectivity index (χ0n) is 12.7. The van der Waals surface area contributed by atoms with E-state index < -0.39 is 0 Å². The summed E-state index contributed by atoms with van der Waals surface area (Å²) in [4.78, 5) is 0. The average molecular weight is 299 g/mol. The molecule has 1 atom stereocenters. The molecule has 4 heteroatoms. The summed E-state index contributed by atoms with van der Waals surface area (Å²) in [7, 11) is 3.32. The summed E-state index contributed by atoms with van der Waals surface area (Å²) in [6.45, 7) is 5.17. The van der Waals surface area contributed by atoms with Crippen molar-refractivity contribution in [3.05, 3.63) is 23.3 Å². The first kappa shape index (κ1) is 15.5. The summed E-state index contributed by atoms with van der Waals surface area (Å²) in [6, 6.07) is 4.11. The van der Waals surface area contributed by atoms with Crippen molar-refractivity contribution in [2.75, 3.05) is 26.7 Å². The molecule has 1 heterocycles. The van der Waals surface area contributed by atoms with Gasteiger partial charge in [-0.05, 0) is 41.5 Å². The minimum absolute atomic E-state index is 0.0316. The molecule has 0 amide bonds. The van der Waals surface area contributed by atoms with E-state index in [-0.39, 0.29) is 11.5 Å². The third-order valence-corrected chi connectivity index (χ3v) is 3.93. The van der Waals surface area contributed by atoms with Crippen molar-refractivity contribution >= 4 is 11.6 Å². The lowest BCUT2D eigenvalue weighted by atomic mass is 9.85. The molecular formula is C16H23ClO3. The fourth-order valence-corrected chi connectivity index (χ4v) is 2.91. The maximum Gasteiger partial charge on any atom is 0.161 e. The van der Waals surface area contributed by atoms with Gasteiger partial charge in [0, 0.05) is 5.88 Å². The van der Waals surface area contributed by atoms with Crippen molar-refractivity contribution in [2.24, 2.45) is 5.41 Å². The molecule has 0 N–H and O–H groups in total. The number of benzene rings is 1. The minimum Gasteiger partial charge on any atom is -0.493 e. The third-order valence-electron chi connectivity index (χ3n) is 3.71. The van der Waals surface area contributed by atoms with Gasteiger partial charge in [-0.15, -0.1) is 11.6 Å². The predicted octanol–water partition coefficient (Wildman–Crippen LogP) is 3.97. The van der Waals surface area contributed by atoms with Gasteiger partial charge in [-0.2, -0.15) is 0 Å². The van der Waals surface area contributed by atoms with E-state index in [4.69, 9.17) is 25.8 Å². The van der Waals surface area contributed by atoms with Gasteiger partial charge in [0.2, 0.25) is 0 Å². The SMILES string of the molecule is COc1cc2c(cc1OC)[C@H](CCCl)OCC(C)(C)C2. The first-order chi connectivity index (χ1) is 9.50. The summed E-state index contributed by atoms with van der Waals surface area (Å²) < 4.78 is 16.9. The number of rotatable bonds is 4. The summed E-state index contributed by atoms with van der Waals surface area (Å²) in [6.07, 6.45) is 1.80. The highest BCUT2D eigenvalue weighted by molar-refractivity contribution is 6.17. The van der Waals surface area contributed by atoms with Gasteiger partial charge in [0.15, 0.2) is 11.5 Å². The van der Waals surface area contributed by atoms with E-state index in [0.29, 0.717) is 5.88 Å². The number of halogens is 1. The second kappa shape index (κ2) is 6.23. The van der Waals surface area contributed by atoms with Gasteiger partial charge in [-0.1, -0.05) is 13.8 Å². The molecule has 2 rings (SSSR count). The average Bonchev–Trinajstić information content (AvgIpc) is 2.54. The van der Waals surface area contributed by atoms with Crippen LogP contribution in [0.3, 0.4) is 0 Å². The van der Waals surface area contributed by atoms with Crippen LogP contribution in [0, 0.1) is 5.41 Å². The van der Waals surface area contributed by atoms with Crippen molar-refractivity contribution in [1.29, 1.82) is 0 Å². The van der Waals surface area contributed by atoms with Crippen LogP contribution in [0.4, 0.5) is 0 Å². The lowest BCUT2D eigenvalue weighted by Crippen LogP contribution is -2.20. The fraction of sp³-hybridized carbons (Fsp3) is 0.625. The molecule has 0 fully saturated rings. The molecule has 1 aromatic rings. The number of hydrogen-bond donors (Lipinski definition) is 0. The summed E-state index contributed by atoms with van der Waals surface area (Å²) >= 11 is 5.92. The van der Waals surface area contributed by atoms with E-state index >= 15 is 0 Å². The van der Waals surface area contributed by atoms with Crippen LogP contribution in [0.1, 0.15) is 37.5 Å². The molecule has 1 aromatic carbocycles. The number of fused-ring (bicyclic) bond motifs is 1. The van der Waals surface area contributed by atoms with Gasteiger partial charge >= 0.3 is 0 Å². The van der Waals surface area contributed by atoms with Crippen molar-refractivity contribution in [1.82, 2.24) is 0 Å². The van der Waals surface area contributed by atoms with Crippen LogP contribution in [0.5, 0.6) is 11.5 Å². The van der Waals surface area contributed by atoms with E-state index in [0.717, 1.165) is 30.9 Å². The standard InChI is InChI=1S/C16H23ClO3/c1-16(2)9-11-7-14(18-3)15(19-4)8-12(11)13(5-6-17)20-10-16/h7-8,13H,5-6,9-10H2,1-4H3/t13-/m0/s1. The number of alkyl halides is 1. The van der Waals surface area contributed by atoms with Crippen LogP contribution in [0.15, 0.2) is 12.1 Å². The Morgan fingerprint density at radius 3 is 2.50 bits per heavy atom. The van der Waals surface area contributed by atoms with Gasteiger partial charge in [-0.3, -0.25) is 0 Å². The molecule has 0 radical (unpaired) electrons. The van der Waals surface area contributed by atoms with Crippen LogP contribution in [0.2, 0.25) is 0 Å². The molecule has 0 unspecified atom stereocenters. The van der Waals surface area contributed by atoms with Gasteiger partial charge < -0.3 is 14.2 Å². The zero-order chi connectivity index (χ0) is 14.8. The highest BCUT2D eigenvalue weighted by Gasteiger charge is 2.30. The van der Waals surface area contributed by atoms with Crippen molar-refractivity contribution in [3.63, 3.8) is 0 Å². The number of methoxy groups -OCH3 is 2. The maximum absolute atomic E-state index is 6.08. The summed E-state index contributed by atoms with van der Waals surface area (Å²) in [5.74, 6) is 2.10. The molecule has 1 aliphatic rings. The molecule has 0 saturated carbocycles. The highest BCUT2D eigenvalue weighted by atomic mass is 35.5. The Balaban J connectivity index is 2.49. The topological polar surface area (TPSA) is 27.7 Å². The molecule has 0 spiro atoms. The third kappa shape index (κ3) is 3.21. The first-order valence-electron chi connectivity index (χ1n) is 6.93. The highest BCUT2D eigenvalue weighted by Crippen LogP contribution is 2.41. The first-order valence-corrected chi connectivity index (χ1v) is 7.46. The molecule has 0 bridgehead atoms. The molecule has 0 aromatic heterocycles. The van der Waals surface area contributed by atoms with E-state index in [1.165, 1.54) is 11.1 Å². The number of hydrogen-bond acceptors (Lipinski definition) is 3. The molecular weight excluding hydrogens is 276 g/mol. The van der Waals surface area contributed by atoms with Crippen molar-refractivity contribution in [3.8, 4) is 11.5 Å². The normalized spacial score (nSPS) is 20.9. The van der Waals surface area contributed by atoms with Crippen LogP contribution in [0.25, 0.3) is 0 Å². The van der Waals surface area contributed by atoms with E-state index in [2.05, 4.69) is 19.9 Å². The van der Waals surface area contributed by atoms with E-state index in [1.54, 1.807) is 14.2 Å². The lowest BCUT2D eigenvalue weighted by molar-refractivity contribution is 0.00885. The van der Waals surface area contributed by atoms with Crippen molar-refractivity contribution < 1.29 is 14.2 Å². The molecule has 0 aliphatic carbocycles. The monoisotopic (exact) mass is 298 g/mol. The van der Waals surface area contributed by atoms with Crippen LogP contribution in [-0.4, -0.2) is 26.7 Å². The Bertz CT molecular complexity index is 471. The summed E-state index contributed by atoms with van der Waals surface area (Å²) in [5, 5.41) is 0. The van der Waals surface area contributed by atoms with E-state index in [1.807, 2.05) is 6.07 Å². The Kier molecular flexibility index (Phi) is 4.82. The van der Waals surface area contributed by atoms with Crippen LogP contribution < -0.4 is 9.47 Å². The minimum atomic E-state index is 0.0316. The Hall–Kier alpha value is -0.930. The largest absolute Gasteiger partial charge is 0.493 e. The van der Waals surface area contributed by atoms with Crippen LogP contribution >= 0.6 is 11.6 Å². The van der Waals surface area contributed by atoms with E-state index in [9.17, 15) is 0 Å². The quantitative estimate of drug-likeness (QED) is 0.787. The lowest BCUT2D eigenvalue weighted by Gasteiger charge is -2.22. The maximum atomic E-state index is 6.08. The number of ether oxygens (including phenoxy) is 3. The Morgan fingerprint density at radius 1 is 1.25 bits per heavy atom. The second-order valence-electron chi connectivity index (χ2n) is 6.02. The Labute approximate surface area is 126 Å². The predicted molar refractivity (Wildman–Crippen MR) is 81.1 cm³/mol. The van der Waals surface area contributed by atoms with Gasteiger partial charge in [0.05, 0.1) is 26.9 Å². The van der Waals surface area contributed by atoms with Gasteiger partial charge in [-0.25, -0.2) is 0 Å².